The number of para-hydroxylation sites is 1. The Kier molecular flexibility index (Phi) is 6.85. The molecule has 0 aliphatic carbocycles. The van der Waals surface area contributed by atoms with E-state index < -0.39 is 11.4 Å². The molecule has 0 saturated carbocycles. The Morgan fingerprint density at radius 2 is 1.68 bits per heavy atom. The van der Waals surface area contributed by atoms with Gasteiger partial charge in [0.2, 0.25) is 5.91 Å². The lowest BCUT2D eigenvalue weighted by Crippen LogP contribution is -2.37. The number of likely N-dealkylation sites (N-methyl/N-ethyl adjacent to an activating group) is 1. The van der Waals surface area contributed by atoms with E-state index in [4.69, 9.17) is 16.6 Å². The summed E-state index contributed by atoms with van der Waals surface area (Å²) in [4.78, 5) is 33.6. The van der Waals surface area contributed by atoms with Crippen LogP contribution in [0.2, 0.25) is 0 Å². The highest BCUT2D eigenvalue weighted by Gasteiger charge is 2.30. The predicted molar refractivity (Wildman–Crippen MR) is 138 cm³/mol. The second-order valence-electron chi connectivity index (χ2n) is 8.54. The molecule has 1 aromatic heterocycles. The molecule has 1 heterocycles. The van der Waals surface area contributed by atoms with Crippen molar-refractivity contribution in [2.45, 2.75) is 38.6 Å². The molecule has 0 aliphatic rings. The molecule has 0 saturated heterocycles. The number of nitrogens with zero attached hydrogens (tertiary/aromatic N) is 3. The quantitative estimate of drug-likeness (QED) is 0.328. The Labute approximate surface area is 204 Å². The second kappa shape index (κ2) is 9.82. The number of alkyl halides is 1. The summed E-state index contributed by atoms with van der Waals surface area (Å²) in [7, 11) is 1.72. The molecule has 3 aromatic carbocycles. The van der Waals surface area contributed by atoms with Crippen LogP contribution in [0, 0.1) is 13.8 Å². The van der Waals surface area contributed by atoms with Crippen LogP contribution < -0.4 is 5.56 Å². The van der Waals surface area contributed by atoms with Crippen molar-refractivity contribution in [2.24, 2.45) is 0 Å². The normalized spacial score (nSPS) is 13.0. The average molecular weight is 474 g/mol. The lowest BCUT2D eigenvalue weighted by atomic mass is 10.1. The molecule has 0 fully saturated rings. The molecule has 6 heteroatoms. The number of rotatable bonds is 6. The number of carbonyl (C=O) groups excluding carboxylic acids is 1. The maximum atomic E-state index is 13.7. The van der Waals surface area contributed by atoms with E-state index in [9.17, 15) is 9.59 Å². The van der Waals surface area contributed by atoms with Crippen LogP contribution in [0.5, 0.6) is 0 Å². The maximum absolute atomic E-state index is 13.7. The first-order chi connectivity index (χ1) is 16.3. The monoisotopic (exact) mass is 473 g/mol. The van der Waals surface area contributed by atoms with Gasteiger partial charge in [-0.15, -0.1) is 11.6 Å². The topological polar surface area (TPSA) is 55.2 Å². The predicted octanol–water partition coefficient (Wildman–Crippen LogP) is 5.89. The van der Waals surface area contributed by atoms with Crippen LogP contribution in [0.25, 0.3) is 16.6 Å². The van der Waals surface area contributed by atoms with Gasteiger partial charge in [0, 0.05) is 7.05 Å². The number of aryl methyl sites for hydroxylation is 2. The molecule has 34 heavy (non-hydrogen) atoms. The molecule has 2 unspecified atom stereocenters. The minimum Gasteiger partial charge on any atom is -0.334 e. The summed E-state index contributed by atoms with van der Waals surface area (Å²) in [6.45, 7) is 6.03. The Hall–Kier alpha value is -3.44. The number of hydrogen-bond donors (Lipinski definition) is 0. The molecule has 2 atom stereocenters. The number of fused-ring (bicyclic) bond motifs is 1. The zero-order valence-corrected chi connectivity index (χ0v) is 20.6. The fourth-order valence-corrected chi connectivity index (χ4v) is 4.51. The van der Waals surface area contributed by atoms with Crippen LogP contribution in [-0.4, -0.2) is 27.4 Å². The van der Waals surface area contributed by atoms with Gasteiger partial charge in [0.1, 0.15) is 11.2 Å². The van der Waals surface area contributed by atoms with Gasteiger partial charge < -0.3 is 4.90 Å². The molecule has 0 radical (unpaired) electrons. The Morgan fingerprint density at radius 3 is 2.35 bits per heavy atom. The molecule has 0 N–H and O–H groups in total. The summed E-state index contributed by atoms with van der Waals surface area (Å²) >= 11 is 6.58. The fourth-order valence-electron chi connectivity index (χ4n) is 4.21. The summed E-state index contributed by atoms with van der Waals surface area (Å²) in [6, 6.07) is 22.0. The van der Waals surface area contributed by atoms with Crippen molar-refractivity contribution in [3.8, 4) is 5.69 Å². The first kappa shape index (κ1) is 23.7. The number of halogens is 1. The molecule has 0 spiro atoms. The zero-order chi connectivity index (χ0) is 24.4. The van der Waals surface area contributed by atoms with Gasteiger partial charge >= 0.3 is 0 Å². The minimum atomic E-state index is -0.831. The number of aromatic nitrogens is 2. The van der Waals surface area contributed by atoms with Crippen LogP contribution in [0.1, 0.15) is 47.3 Å². The summed E-state index contributed by atoms with van der Waals surface area (Å²) < 4.78 is 1.64. The highest BCUT2D eigenvalue weighted by Crippen LogP contribution is 2.30. The van der Waals surface area contributed by atoms with Gasteiger partial charge in [0.25, 0.3) is 5.56 Å². The third-order valence-electron chi connectivity index (χ3n) is 6.36. The minimum absolute atomic E-state index is 0.159. The van der Waals surface area contributed by atoms with E-state index >= 15 is 0 Å². The van der Waals surface area contributed by atoms with E-state index in [-0.39, 0.29) is 11.5 Å². The summed E-state index contributed by atoms with van der Waals surface area (Å²) in [5.74, 6) is 0.274. The van der Waals surface area contributed by atoms with Gasteiger partial charge in [-0.05, 0) is 61.2 Å². The molecule has 0 aliphatic heterocycles. The fraction of sp³-hybridized carbons (Fsp3) is 0.250. The van der Waals surface area contributed by atoms with Crippen LogP contribution in [0.3, 0.4) is 0 Å². The smallest absolute Gasteiger partial charge is 0.266 e. The van der Waals surface area contributed by atoms with E-state index in [1.807, 2.05) is 87.5 Å². The zero-order valence-electron chi connectivity index (χ0n) is 19.8. The van der Waals surface area contributed by atoms with Gasteiger partial charge in [-0.25, -0.2) is 4.98 Å². The first-order valence-corrected chi connectivity index (χ1v) is 11.8. The van der Waals surface area contributed by atoms with Gasteiger partial charge in [-0.3, -0.25) is 14.2 Å². The van der Waals surface area contributed by atoms with Gasteiger partial charge in [0.15, 0.2) is 0 Å². The standard InChI is InChI=1S/C28H28ClN3O2/c1-5-24(31(4)28(34)25(29)20-11-7-6-8-12-20)26-30-23-14-10-9-13-22(23)27(33)32(26)21-16-15-18(2)19(3)17-21/h6-17,24-25H,5H2,1-4H3. The SMILES string of the molecule is CCC(c1nc2ccccc2c(=O)n1-c1ccc(C)c(C)c1)N(C)C(=O)C(Cl)c1ccccc1. The molecule has 0 bridgehead atoms. The third-order valence-corrected chi connectivity index (χ3v) is 6.80. The Balaban J connectivity index is 1.88. The molecular formula is C28H28ClN3O2. The van der Waals surface area contributed by atoms with E-state index in [0.717, 1.165) is 22.4 Å². The lowest BCUT2D eigenvalue weighted by Gasteiger charge is -2.30. The van der Waals surface area contributed by atoms with Crippen LogP contribution in [0.4, 0.5) is 0 Å². The van der Waals surface area contributed by atoms with Crippen molar-refractivity contribution < 1.29 is 4.79 Å². The van der Waals surface area contributed by atoms with Gasteiger partial charge in [-0.2, -0.15) is 0 Å². The number of amides is 1. The van der Waals surface area contributed by atoms with E-state index in [2.05, 4.69) is 0 Å². The molecule has 174 valence electrons. The lowest BCUT2D eigenvalue weighted by molar-refractivity contribution is -0.132. The summed E-state index contributed by atoms with van der Waals surface area (Å²) in [6.07, 6.45) is 0.566. The van der Waals surface area contributed by atoms with Crippen molar-refractivity contribution in [2.75, 3.05) is 7.05 Å². The molecular weight excluding hydrogens is 446 g/mol. The molecule has 1 amide bonds. The molecule has 5 nitrogen and oxygen atoms in total. The molecule has 4 aromatic rings. The highest BCUT2D eigenvalue weighted by molar-refractivity contribution is 6.30. The van der Waals surface area contributed by atoms with E-state index in [1.165, 1.54) is 0 Å². The number of carbonyl (C=O) groups is 1. The molecule has 4 rings (SSSR count). The maximum Gasteiger partial charge on any atom is 0.266 e. The number of hydrogen-bond acceptors (Lipinski definition) is 3. The Morgan fingerprint density at radius 1 is 1.00 bits per heavy atom. The highest BCUT2D eigenvalue weighted by atomic mass is 35.5. The third kappa shape index (κ3) is 4.36. The largest absolute Gasteiger partial charge is 0.334 e. The van der Waals surface area contributed by atoms with Crippen LogP contribution in [-0.2, 0) is 4.79 Å². The number of benzene rings is 3. The summed E-state index contributed by atoms with van der Waals surface area (Å²) in [5.41, 5.74) is 4.12. The van der Waals surface area contributed by atoms with E-state index in [1.54, 1.807) is 22.6 Å². The van der Waals surface area contributed by atoms with Crippen molar-refractivity contribution in [1.82, 2.24) is 14.5 Å². The van der Waals surface area contributed by atoms with Crippen molar-refractivity contribution >= 4 is 28.4 Å². The summed E-state index contributed by atoms with van der Waals surface area (Å²) in [5, 5.41) is -0.296. The van der Waals surface area contributed by atoms with Crippen LogP contribution in [0.15, 0.2) is 77.6 Å². The van der Waals surface area contributed by atoms with Gasteiger partial charge in [-0.1, -0.05) is 55.5 Å². The van der Waals surface area contributed by atoms with Gasteiger partial charge in [0.05, 0.1) is 22.6 Å². The Bertz CT molecular complexity index is 1400. The first-order valence-electron chi connectivity index (χ1n) is 11.4. The van der Waals surface area contributed by atoms with Crippen molar-refractivity contribution in [3.05, 3.63) is 106 Å². The van der Waals surface area contributed by atoms with E-state index in [0.29, 0.717) is 23.1 Å². The average Bonchev–Trinajstić information content (AvgIpc) is 2.86. The van der Waals surface area contributed by atoms with Crippen molar-refractivity contribution in [3.63, 3.8) is 0 Å². The van der Waals surface area contributed by atoms with Crippen molar-refractivity contribution in [1.29, 1.82) is 0 Å². The second-order valence-corrected chi connectivity index (χ2v) is 8.98. The van der Waals surface area contributed by atoms with Crippen LogP contribution >= 0.6 is 11.6 Å².